The molecule has 0 fully saturated rings. The lowest BCUT2D eigenvalue weighted by molar-refractivity contribution is 0.0922. The number of aromatic nitrogens is 4. The van der Waals surface area contributed by atoms with Gasteiger partial charge in [-0.15, -0.1) is 10.2 Å². The number of nitrogens with one attached hydrogen (secondary N) is 1. The van der Waals surface area contributed by atoms with Crippen LogP contribution in [0, 0.1) is 13.8 Å². The third-order valence-electron chi connectivity index (χ3n) is 2.91. The van der Waals surface area contributed by atoms with Crippen LogP contribution in [0.5, 0.6) is 0 Å². The molecular weight excluding hydrogens is 258 g/mol. The van der Waals surface area contributed by atoms with Crippen molar-refractivity contribution in [2.24, 2.45) is 0 Å². The monoisotopic (exact) mass is 271 g/mol. The molecule has 0 aliphatic rings. The average Bonchev–Trinajstić information content (AvgIpc) is 3.04. The molecule has 0 atom stereocenters. The highest BCUT2D eigenvalue weighted by atomic mass is 16.3. The Morgan fingerprint density at radius 3 is 3.00 bits per heavy atom. The van der Waals surface area contributed by atoms with E-state index in [0.717, 1.165) is 11.4 Å². The Labute approximate surface area is 114 Å². The maximum absolute atomic E-state index is 11.8. The van der Waals surface area contributed by atoms with Crippen molar-refractivity contribution in [2.45, 2.75) is 20.4 Å². The molecule has 3 heterocycles. The molecule has 102 valence electrons. The molecule has 3 aromatic heterocycles. The van der Waals surface area contributed by atoms with E-state index in [1.807, 2.05) is 24.3 Å². The molecule has 0 aromatic carbocycles. The minimum absolute atomic E-state index is 0.256. The van der Waals surface area contributed by atoms with Crippen LogP contribution in [0.1, 0.15) is 27.8 Å². The highest BCUT2D eigenvalue weighted by Crippen LogP contribution is 2.08. The van der Waals surface area contributed by atoms with E-state index >= 15 is 0 Å². The lowest BCUT2D eigenvalue weighted by atomic mass is 10.3. The minimum Gasteiger partial charge on any atom is -0.459 e. The van der Waals surface area contributed by atoms with Gasteiger partial charge in [-0.25, -0.2) is 4.98 Å². The molecule has 0 unspecified atom stereocenters. The fourth-order valence-electron chi connectivity index (χ4n) is 2.07. The summed E-state index contributed by atoms with van der Waals surface area (Å²) in [4.78, 5) is 16.1. The summed E-state index contributed by atoms with van der Waals surface area (Å²) in [6.45, 7) is 4.11. The van der Waals surface area contributed by atoms with Crippen molar-refractivity contribution in [2.75, 3.05) is 0 Å². The Kier molecular flexibility index (Phi) is 2.94. The predicted molar refractivity (Wildman–Crippen MR) is 70.1 cm³/mol. The molecule has 3 rings (SSSR count). The van der Waals surface area contributed by atoms with E-state index in [-0.39, 0.29) is 18.2 Å². The van der Waals surface area contributed by atoms with E-state index in [1.54, 1.807) is 12.1 Å². The van der Waals surface area contributed by atoms with Crippen molar-refractivity contribution in [3.63, 3.8) is 0 Å². The standard InChI is InChI=1S/C13H13N5O2/c1-8-6-9(2)18-11(16-17-13(18)15-8)7-14-12(19)10-4-3-5-20-10/h3-6H,7H2,1-2H3,(H,14,19). The van der Waals surface area contributed by atoms with Crippen LogP contribution in [-0.4, -0.2) is 25.5 Å². The van der Waals surface area contributed by atoms with Gasteiger partial charge in [-0.3, -0.25) is 9.20 Å². The number of aryl methyl sites for hydroxylation is 2. The second-order valence-corrected chi connectivity index (χ2v) is 4.45. The Bertz CT molecular complexity index is 761. The van der Waals surface area contributed by atoms with Crippen LogP contribution in [0.3, 0.4) is 0 Å². The molecule has 3 aromatic rings. The van der Waals surface area contributed by atoms with Gasteiger partial charge in [0.15, 0.2) is 11.6 Å². The van der Waals surface area contributed by atoms with E-state index in [4.69, 9.17) is 4.42 Å². The molecule has 7 heteroatoms. The molecule has 0 saturated carbocycles. The smallest absolute Gasteiger partial charge is 0.287 e. The molecule has 1 amide bonds. The van der Waals surface area contributed by atoms with Gasteiger partial charge in [0.05, 0.1) is 12.8 Å². The summed E-state index contributed by atoms with van der Waals surface area (Å²) >= 11 is 0. The van der Waals surface area contributed by atoms with Gasteiger partial charge in [-0.2, -0.15) is 0 Å². The number of amides is 1. The predicted octanol–water partition coefficient (Wildman–Crippen LogP) is 1.26. The molecule has 0 radical (unpaired) electrons. The second kappa shape index (κ2) is 4.76. The van der Waals surface area contributed by atoms with Crippen molar-refractivity contribution in [1.82, 2.24) is 24.9 Å². The zero-order chi connectivity index (χ0) is 14.1. The number of hydrogen-bond acceptors (Lipinski definition) is 5. The van der Waals surface area contributed by atoms with Crippen molar-refractivity contribution >= 4 is 11.7 Å². The van der Waals surface area contributed by atoms with Crippen LogP contribution < -0.4 is 5.32 Å². The zero-order valence-corrected chi connectivity index (χ0v) is 11.1. The largest absolute Gasteiger partial charge is 0.459 e. The summed E-state index contributed by atoms with van der Waals surface area (Å²) in [5, 5.41) is 10.8. The molecule has 0 saturated heterocycles. The van der Waals surface area contributed by atoms with Crippen molar-refractivity contribution in [1.29, 1.82) is 0 Å². The SMILES string of the molecule is Cc1cc(C)n2c(CNC(=O)c3ccco3)nnc2n1. The van der Waals surface area contributed by atoms with Gasteiger partial charge >= 0.3 is 0 Å². The first-order chi connectivity index (χ1) is 9.65. The number of nitrogens with zero attached hydrogens (tertiary/aromatic N) is 4. The van der Waals surface area contributed by atoms with Crippen LogP contribution in [0.4, 0.5) is 0 Å². The van der Waals surface area contributed by atoms with Gasteiger partial charge in [-0.05, 0) is 32.0 Å². The first-order valence-electron chi connectivity index (χ1n) is 6.15. The summed E-state index contributed by atoms with van der Waals surface area (Å²) < 4.78 is 6.84. The lowest BCUT2D eigenvalue weighted by Crippen LogP contribution is -2.23. The zero-order valence-electron chi connectivity index (χ0n) is 11.1. The van der Waals surface area contributed by atoms with E-state index in [2.05, 4.69) is 20.5 Å². The molecule has 0 aliphatic carbocycles. The normalized spacial score (nSPS) is 10.9. The van der Waals surface area contributed by atoms with E-state index in [9.17, 15) is 4.79 Å². The maximum atomic E-state index is 11.8. The van der Waals surface area contributed by atoms with Crippen LogP contribution in [0.25, 0.3) is 5.78 Å². The summed E-state index contributed by atoms with van der Waals surface area (Å²) in [6.07, 6.45) is 1.46. The molecular formula is C13H13N5O2. The van der Waals surface area contributed by atoms with Crippen LogP contribution in [-0.2, 0) is 6.54 Å². The van der Waals surface area contributed by atoms with Gasteiger partial charge in [0.2, 0.25) is 0 Å². The summed E-state index contributed by atoms with van der Waals surface area (Å²) in [6, 6.07) is 5.21. The Hall–Kier alpha value is -2.70. The van der Waals surface area contributed by atoms with Crippen LogP contribution >= 0.6 is 0 Å². The molecule has 0 bridgehead atoms. The quantitative estimate of drug-likeness (QED) is 0.775. The molecule has 0 aliphatic heterocycles. The number of carbonyl (C=O) groups excluding carboxylic acids is 1. The van der Waals surface area contributed by atoms with E-state index in [0.29, 0.717) is 11.6 Å². The number of rotatable bonds is 3. The minimum atomic E-state index is -0.288. The molecule has 7 nitrogen and oxygen atoms in total. The number of fused-ring (bicyclic) bond motifs is 1. The van der Waals surface area contributed by atoms with E-state index < -0.39 is 0 Å². The fraction of sp³-hybridized carbons (Fsp3) is 0.231. The summed E-state index contributed by atoms with van der Waals surface area (Å²) in [7, 11) is 0. The van der Waals surface area contributed by atoms with Gasteiger partial charge in [0.25, 0.3) is 11.7 Å². The van der Waals surface area contributed by atoms with Gasteiger partial charge in [0, 0.05) is 11.4 Å². The first kappa shape index (κ1) is 12.3. The summed E-state index contributed by atoms with van der Waals surface area (Å²) in [5.41, 5.74) is 1.85. The molecule has 1 N–H and O–H groups in total. The van der Waals surface area contributed by atoms with Crippen LogP contribution in [0.15, 0.2) is 28.9 Å². The first-order valence-corrected chi connectivity index (χ1v) is 6.15. The molecule has 0 spiro atoms. The third-order valence-corrected chi connectivity index (χ3v) is 2.91. The van der Waals surface area contributed by atoms with Gasteiger partial charge in [-0.1, -0.05) is 0 Å². The lowest BCUT2D eigenvalue weighted by Gasteiger charge is -2.05. The van der Waals surface area contributed by atoms with Crippen molar-refractivity contribution in [3.05, 3.63) is 47.4 Å². The summed E-state index contributed by atoms with van der Waals surface area (Å²) in [5.74, 6) is 1.14. The Balaban J connectivity index is 1.83. The van der Waals surface area contributed by atoms with Gasteiger partial charge < -0.3 is 9.73 Å². The highest BCUT2D eigenvalue weighted by Gasteiger charge is 2.12. The fourth-order valence-corrected chi connectivity index (χ4v) is 2.07. The van der Waals surface area contributed by atoms with Crippen molar-refractivity contribution < 1.29 is 9.21 Å². The van der Waals surface area contributed by atoms with Crippen molar-refractivity contribution in [3.8, 4) is 0 Å². The second-order valence-electron chi connectivity index (χ2n) is 4.45. The Morgan fingerprint density at radius 1 is 1.40 bits per heavy atom. The van der Waals surface area contributed by atoms with Gasteiger partial charge in [0.1, 0.15) is 0 Å². The number of hydrogen-bond donors (Lipinski definition) is 1. The molecule has 20 heavy (non-hydrogen) atoms. The number of furan rings is 1. The topological polar surface area (TPSA) is 85.3 Å². The Morgan fingerprint density at radius 2 is 2.25 bits per heavy atom. The highest BCUT2D eigenvalue weighted by molar-refractivity contribution is 5.91. The third kappa shape index (κ3) is 2.13. The number of carbonyl (C=O) groups is 1. The maximum Gasteiger partial charge on any atom is 0.287 e. The van der Waals surface area contributed by atoms with E-state index in [1.165, 1.54) is 6.26 Å². The average molecular weight is 271 g/mol. The van der Waals surface area contributed by atoms with Crippen LogP contribution in [0.2, 0.25) is 0 Å².